The van der Waals surface area contributed by atoms with E-state index in [0.717, 1.165) is 17.7 Å². The number of amides is 1. The lowest BCUT2D eigenvalue weighted by molar-refractivity contribution is -0.385. The van der Waals surface area contributed by atoms with Crippen LogP contribution >= 0.6 is 15.9 Å². The summed E-state index contributed by atoms with van der Waals surface area (Å²) in [6.45, 7) is 4.12. The van der Waals surface area contributed by atoms with Crippen molar-refractivity contribution in [3.8, 4) is 11.5 Å². The lowest BCUT2D eigenvalue weighted by Gasteiger charge is -2.14. The van der Waals surface area contributed by atoms with Crippen molar-refractivity contribution in [2.24, 2.45) is 5.10 Å². The zero-order valence-corrected chi connectivity index (χ0v) is 16.8. The van der Waals surface area contributed by atoms with Crippen molar-refractivity contribution in [2.75, 3.05) is 11.9 Å². The molecule has 0 unspecified atom stereocenters. The van der Waals surface area contributed by atoms with Gasteiger partial charge in [0.25, 0.3) is 5.91 Å². The van der Waals surface area contributed by atoms with E-state index in [1.54, 1.807) is 31.2 Å². The van der Waals surface area contributed by atoms with E-state index in [9.17, 15) is 20.0 Å². The van der Waals surface area contributed by atoms with E-state index < -0.39 is 28.3 Å². The topological polar surface area (TPSA) is 126 Å². The minimum absolute atomic E-state index is 0.0912. The maximum absolute atomic E-state index is 12.1. The average Bonchev–Trinajstić information content (AvgIpc) is 2.65. The Morgan fingerprint density at radius 2 is 2.07 bits per heavy atom. The van der Waals surface area contributed by atoms with E-state index in [1.807, 2.05) is 6.92 Å². The van der Waals surface area contributed by atoms with Crippen molar-refractivity contribution in [3.63, 3.8) is 0 Å². The smallest absolute Gasteiger partial charge is 0.312 e. The third-order valence-electron chi connectivity index (χ3n) is 3.60. The Morgan fingerprint density at radius 3 is 2.68 bits per heavy atom. The van der Waals surface area contributed by atoms with E-state index in [4.69, 9.17) is 4.74 Å². The Balaban J connectivity index is 1.98. The molecule has 0 saturated heterocycles. The molecule has 10 heteroatoms. The normalized spacial score (nSPS) is 11.8. The number of aromatic hydroxyl groups is 1. The summed E-state index contributed by atoms with van der Waals surface area (Å²) >= 11 is 3.13. The summed E-state index contributed by atoms with van der Waals surface area (Å²) in [5, 5.41) is 27.6. The van der Waals surface area contributed by atoms with Crippen LogP contribution in [0.5, 0.6) is 11.5 Å². The number of anilines is 1. The summed E-state index contributed by atoms with van der Waals surface area (Å²) in [6, 6.07) is 9.18. The molecule has 9 nitrogen and oxygen atoms in total. The van der Waals surface area contributed by atoms with Gasteiger partial charge in [-0.05, 0) is 44.2 Å². The minimum atomic E-state index is -0.709. The van der Waals surface area contributed by atoms with Crippen LogP contribution in [0.4, 0.5) is 11.4 Å². The third-order valence-corrected chi connectivity index (χ3v) is 4.06. The molecule has 28 heavy (non-hydrogen) atoms. The molecular weight excluding hydrogens is 432 g/mol. The number of phenolic OH excluding ortho intramolecular Hbond substituents is 1. The monoisotopic (exact) mass is 450 g/mol. The van der Waals surface area contributed by atoms with Crippen LogP contribution in [-0.4, -0.2) is 34.8 Å². The maximum atomic E-state index is 12.1. The molecular formula is C18H19BrN4O5. The number of halogens is 1. The minimum Gasteiger partial charge on any atom is -0.502 e. The molecule has 1 amide bonds. The van der Waals surface area contributed by atoms with Gasteiger partial charge in [0.15, 0.2) is 0 Å². The van der Waals surface area contributed by atoms with Crippen LogP contribution in [0.25, 0.3) is 0 Å². The van der Waals surface area contributed by atoms with E-state index in [0.29, 0.717) is 11.1 Å². The van der Waals surface area contributed by atoms with Crippen LogP contribution in [0.1, 0.15) is 19.4 Å². The maximum Gasteiger partial charge on any atom is 0.312 e. The standard InChI is InChI=1S/C18H19BrN4O5/c1-3-28-15-6-4-14(5-7-15)21-11(2)18(25)22-20-10-12-8-13(19)9-16(17(12)24)23(26)27/h4-11,21,24H,3H2,1-2H3,(H,22,25)/b20-10-/t11-/m0/s1. The van der Waals surface area contributed by atoms with E-state index >= 15 is 0 Å². The highest BCUT2D eigenvalue weighted by Crippen LogP contribution is 2.32. The molecule has 0 aromatic heterocycles. The second kappa shape index (κ2) is 9.70. The first kappa shape index (κ1) is 21.2. The van der Waals surface area contributed by atoms with Crippen molar-refractivity contribution in [1.29, 1.82) is 0 Å². The van der Waals surface area contributed by atoms with E-state index in [-0.39, 0.29) is 5.56 Å². The summed E-state index contributed by atoms with van der Waals surface area (Å²) in [4.78, 5) is 22.4. The van der Waals surface area contributed by atoms with Gasteiger partial charge in [0, 0.05) is 21.8 Å². The van der Waals surface area contributed by atoms with E-state index in [1.165, 1.54) is 12.1 Å². The first-order valence-corrected chi connectivity index (χ1v) is 9.10. The molecule has 2 aromatic carbocycles. The number of hydrogen-bond donors (Lipinski definition) is 3. The first-order valence-electron chi connectivity index (χ1n) is 8.31. The SMILES string of the molecule is CCOc1ccc(N[C@@H](C)C(=O)N/N=C\c2cc(Br)cc([N+](=O)[O-])c2O)cc1. The molecule has 2 rings (SSSR count). The Labute approximate surface area is 169 Å². The average molecular weight is 451 g/mol. The zero-order valence-electron chi connectivity index (χ0n) is 15.2. The lowest BCUT2D eigenvalue weighted by Crippen LogP contribution is -2.34. The number of nitrogens with zero attached hydrogens (tertiary/aromatic N) is 2. The molecule has 0 radical (unpaired) electrons. The summed E-state index contributed by atoms with van der Waals surface area (Å²) in [5.74, 6) is -0.224. The largest absolute Gasteiger partial charge is 0.502 e. The lowest BCUT2D eigenvalue weighted by atomic mass is 10.2. The highest BCUT2D eigenvalue weighted by molar-refractivity contribution is 9.10. The predicted molar refractivity (Wildman–Crippen MR) is 109 cm³/mol. The number of rotatable bonds is 8. The molecule has 1 atom stereocenters. The van der Waals surface area contributed by atoms with Crippen LogP contribution in [-0.2, 0) is 4.79 Å². The van der Waals surface area contributed by atoms with Crippen molar-refractivity contribution < 1.29 is 19.6 Å². The summed E-state index contributed by atoms with van der Waals surface area (Å²) in [5.41, 5.74) is 2.68. The summed E-state index contributed by atoms with van der Waals surface area (Å²) < 4.78 is 5.76. The highest BCUT2D eigenvalue weighted by Gasteiger charge is 2.18. The van der Waals surface area contributed by atoms with Crippen LogP contribution in [0.2, 0.25) is 0 Å². The zero-order chi connectivity index (χ0) is 20.7. The highest BCUT2D eigenvalue weighted by atomic mass is 79.9. The predicted octanol–water partition coefficient (Wildman–Crippen LogP) is 3.41. The number of ether oxygens (including phenoxy) is 1. The number of nitrogens with one attached hydrogen (secondary N) is 2. The fraction of sp³-hybridized carbons (Fsp3) is 0.222. The number of phenols is 1. The van der Waals surface area contributed by atoms with Gasteiger partial charge >= 0.3 is 5.69 Å². The number of hydrogen-bond acceptors (Lipinski definition) is 7. The van der Waals surface area contributed by atoms with Gasteiger partial charge in [-0.2, -0.15) is 5.10 Å². The molecule has 0 saturated carbocycles. The van der Waals surface area contributed by atoms with Gasteiger partial charge in [0.05, 0.1) is 17.7 Å². The van der Waals surface area contributed by atoms with E-state index in [2.05, 4.69) is 31.8 Å². The number of benzene rings is 2. The molecule has 0 aliphatic heterocycles. The van der Waals surface area contributed by atoms with Gasteiger partial charge in [0.1, 0.15) is 11.8 Å². The van der Waals surface area contributed by atoms with Crippen LogP contribution in [0.3, 0.4) is 0 Å². The third kappa shape index (κ3) is 5.68. The molecule has 0 bridgehead atoms. The van der Waals surface area contributed by atoms with Gasteiger partial charge in [-0.25, -0.2) is 5.43 Å². The van der Waals surface area contributed by atoms with Crippen LogP contribution in [0.15, 0.2) is 46.0 Å². The second-order valence-corrected chi connectivity index (χ2v) is 6.59. The second-order valence-electron chi connectivity index (χ2n) is 5.68. The Bertz CT molecular complexity index is 886. The van der Waals surface area contributed by atoms with Crippen molar-refractivity contribution >= 4 is 39.4 Å². The molecule has 3 N–H and O–H groups in total. The Morgan fingerprint density at radius 1 is 1.39 bits per heavy atom. The number of carbonyl (C=O) groups is 1. The fourth-order valence-electron chi connectivity index (χ4n) is 2.23. The van der Waals surface area contributed by atoms with Crippen molar-refractivity contribution in [2.45, 2.75) is 19.9 Å². The van der Waals surface area contributed by atoms with Gasteiger partial charge in [-0.15, -0.1) is 0 Å². The molecule has 148 valence electrons. The Kier molecular flexibility index (Phi) is 7.33. The van der Waals surface area contributed by atoms with Gasteiger partial charge in [0.2, 0.25) is 5.75 Å². The molecule has 2 aromatic rings. The molecule has 0 heterocycles. The number of nitro groups is 1. The fourth-order valence-corrected chi connectivity index (χ4v) is 2.70. The molecule has 0 spiro atoms. The van der Waals surface area contributed by atoms with Crippen LogP contribution in [0, 0.1) is 10.1 Å². The number of hydrazone groups is 1. The number of carbonyl (C=O) groups excluding carboxylic acids is 1. The van der Waals surface area contributed by atoms with Crippen LogP contribution < -0.4 is 15.5 Å². The Hall–Kier alpha value is -3.14. The van der Waals surface area contributed by atoms with Crippen molar-refractivity contribution in [1.82, 2.24) is 5.43 Å². The molecule has 0 aliphatic rings. The van der Waals surface area contributed by atoms with Crippen molar-refractivity contribution in [3.05, 3.63) is 56.5 Å². The van der Waals surface area contributed by atoms with Gasteiger partial charge < -0.3 is 15.2 Å². The van der Waals surface area contributed by atoms with Gasteiger partial charge in [-0.3, -0.25) is 14.9 Å². The first-order chi connectivity index (χ1) is 13.3. The quantitative estimate of drug-likeness (QED) is 0.321. The summed E-state index contributed by atoms with van der Waals surface area (Å²) in [6.07, 6.45) is 1.13. The van der Waals surface area contributed by atoms with Gasteiger partial charge in [-0.1, -0.05) is 15.9 Å². The molecule has 0 fully saturated rings. The number of nitro benzene ring substituents is 1. The summed E-state index contributed by atoms with van der Waals surface area (Å²) in [7, 11) is 0. The molecule has 0 aliphatic carbocycles.